The first-order valence-electron chi connectivity index (χ1n) is 12.9. The molecule has 1 saturated carbocycles. The molecule has 0 aromatic carbocycles. The topological polar surface area (TPSA) is 108 Å². The van der Waals surface area contributed by atoms with Gasteiger partial charge in [-0.15, -0.1) is 0 Å². The van der Waals surface area contributed by atoms with Crippen molar-refractivity contribution in [2.75, 3.05) is 26.7 Å². The fraction of sp³-hybridized carbons (Fsp3) is 0.654. The Kier molecular flexibility index (Phi) is 7.42. The lowest BCUT2D eigenvalue weighted by atomic mass is 9.94. The molecule has 0 bridgehead atoms. The number of likely N-dealkylation sites (tertiary alicyclic amines) is 1. The minimum atomic E-state index is -0.578. The maximum absolute atomic E-state index is 13.7. The standard InChI is InChI=1S/C26H37N5O4/c1-5-6-11-29(4)24(33)18-9-12-30(13-10-18)25(34)19-14-20(17-7-8-17)27-22-21(19)23(32)28-26(35)31(22)15-16(2)3/h14,16-18H,5-13,15H2,1-4H3,(H,28,32,35). The predicted molar refractivity (Wildman–Crippen MR) is 135 cm³/mol. The molecule has 9 nitrogen and oxygen atoms in total. The fourth-order valence-corrected chi connectivity index (χ4v) is 4.90. The number of hydrogen-bond acceptors (Lipinski definition) is 5. The van der Waals surface area contributed by atoms with Crippen molar-refractivity contribution in [2.45, 2.75) is 71.8 Å². The first-order valence-corrected chi connectivity index (χ1v) is 12.9. The van der Waals surface area contributed by atoms with Gasteiger partial charge < -0.3 is 9.80 Å². The predicted octanol–water partition coefficient (Wildman–Crippen LogP) is 2.73. The van der Waals surface area contributed by atoms with E-state index in [1.165, 1.54) is 4.57 Å². The monoisotopic (exact) mass is 483 g/mol. The molecule has 0 unspecified atom stereocenters. The summed E-state index contributed by atoms with van der Waals surface area (Å²) < 4.78 is 1.49. The van der Waals surface area contributed by atoms with Crippen LogP contribution in [-0.4, -0.2) is 62.8 Å². The highest BCUT2D eigenvalue weighted by atomic mass is 16.2. The Morgan fingerprint density at radius 3 is 2.46 bits per heavy atom. The smallest absolute Gasteiger partial charge is 0.330 e. The van der Waals surface area contributed by atoms with Crippen molar-refractivity contribution in [3.05, 3.63) is 38.2 Å². The Morgan fingerprint density at radius 1 is 1.17 bits per heavy atom. The molecule has 1 aliphatic carbocycles. The van der Waals surface area contributed by atoms with Crippen LogP contribution in [0.25, 0.3) is 11.0 Å². The molecule has 1 N–H and O–H groups in total. The number of aromatic amines is 1. The van der Waals surface area contributed by atoms with E-state index in [9.17, 15) is 19.2 Å². The van der Waals surface area contributed by atoms with E-state index in [0.717, 1.165) is 37.9 Å². The van der Waals surface area contributed by atoms with Gasteiger partial charge in [0.15, 0.2) is 5.65 Å². The van der Waals surface area contributed by atoms with Gasteiger partial charge in [-0.25, -0.2) is 9.78 Å². The van der Waals surface area contributed by atoms with Crippen molar-refractivity contribution in [2.24, 2.45) is 11.8 Å². The van der Waals surface area contributed by atoms with Crippen LogP contribution < -0.4 is 11.2 Å². The minimum absolute atomic E-state index is 0.0864. The quantitative estimate of drug-likeness (QED) is 0.621. The summed E-state index contributed by atoms with van der Waals surface area (Å²) in [6.45, 7) is 8.16. The molecule has 0 radical (unpaired) electrons. The molecular formula is C26H37N5O4. The summed E-state index contributed by atoms with van der Waals surface area (Å²) in [4.78, 5) is 62.7. The number of rotatable bonds is 8. The SMILES string of the molecule is CCCCN(C)C(=O)C1CCN(C(=O)c2cc(C3CC3)nc3c2c(=O)[nH]c(=O)n3CC(C)C)CC1. The number of amides is 2. The van der Waals surface area contributed by atoms with E-state index >= 15 is 0 Å². The molecule has 2 aliphatic rings. The minimum Gasteiger partial charge on any atom is -0.346 e. The van der Waals surface area contributed by atoms with Crippen LogP contribution in [0, 0.1) is 11.8 Å². The molecule has 0 atom stereocenters. The van der Waals surface area contributed by atoms with Crippen LogP contribution in [0.3, 0.4) is 0 Å². The second-order valence-electron chi connectivity index (χ2n) is 10.5. The van der Waals surface area contributed by atoms with E-state index in [0.29, 0.717) is 43.7 Å². The lowest BCUT2D eigenvalue weighted by Crippen LogP contribution is -2.44. The van der Waals surface area contributed by atoms with E-state index in [1.807, 2.05) is 20.9 Å². The number of fused-ring (bicyclic) bond motifs is 1. The summed E-state index contributed by atoms with van der Waals surface area (Å²) in [6, 6.07) is 1.75. The maximum Gasteiger partial charge on any atom is 0.330 e. The summed E-state index contributed by atoms with van der Waals surface area (Å²) in [7, 11) is 1.85. The van der Waals surface area contributed by atoms with E-state index in [2.05, 4.69) is 11.9 Å². The van der Waals surface area contributed by atoms with Crippen LogP contribution in [0.5, 0.6) is 0 Å². The molecule has 0 spiro atoms. The highest BCUT2D eigenvalue weighted by molar-refractivity contribution is 6.05. The Balaban J connectivity index is 1.63. The van der Waals surface area contributed by atoms with Gasteiger partial charge in [-0.2, -0.15) is 0 Å². The Morgan fingerprint density at radius 2 is 1.86 bits per heavy atom. The Bertz CT molecular complexity index is 1220. The molecule has 4 rings (SSSR count). The van der Waals surface area contributed by atoms with E-state index < -0.39 is 11.2 Å². The van der Waals surface area contributed by atoms with Gasteiger partial charge in [0, 0.05) is 50.8 Å². The number of unbranched alkanes of at least 4 members (excludes halogenated alkanes) is 1. The zero-order valence-electron chi connectivity index (χ0n) is 21.3. The van der Waals surface area contributed by atoms with Gasteiger partial charge in [0.2, 0.25) is 5.91 Å². The average Bonchev–Trinajstić information content (AvgIpc) is 3.69. The molecule has 1 saturated heterocycles. The first-order chi connectivity index (χ1) is 16.7. The van der Waals surface area contributed by atoms with Crippen LogP contribution in [-0.2, 0) is 11.3 Å². The van der Waals surface area contributed by atoms with E-state index in [-0.39, 0.29) is 35.0 Å². The van der Waals surface area contributed by atoms with Gasteiger partial charge in [-0.05, 0) is 44.1 Å². The largest absolute Gasteiger partial charge is 0.346 e. The molecule has 2 amide bonds. The van der Waals surface area contributed by atoms with E-state index in [1.54, 1.807) is 15.9 Å². The normalized spacial score (nSPS) is 16.8. The van der Waals surface area contributed by atoms with Gasteiger partial charge in [0.25, 0.3) is 11.5 Å². The molecule has 2 aromatic rings. The van der Waals surface area contributed by atoms with Gasteiger partial charge in [0.1, 0.15) is 0 Å². The third-order valence-corrected chi connectivity index (χ3v) is 7.10. The van der Waals surface area contributed by atoms with Gasteiger partial charge in [0.05, 0.1) is 10.9 Å². The summed E-state index contributed by atoms with van der Waals surface area (Å²) in [6.07, 6.45) is 5.21. The number of piperidine rings is 1. The zero-order valence-corrected chi connectivity index (χ0v) is 21.3. The highest BCUT2D eigenvalue weighted by Crippen LogP contribution is 2.40. The van der Waals surface area contributed by atoms with Gasteiger partial charge in [-0.3, -0.25) is 23.9 Å². The fourth-order valence-electron chi connectivity index (χ4n) is 4.90. The molecular weight excluding hydrogens is 446 g/mol. The summed E-state index contributed by atoms with van der Waals surface area (Å²) in [5.74, 6) is 0.251. The summed E-state index contributed by atoms with van der Waals surface area (Å²) in [5.41, 5.74) is 0.293. The van der Waals surface area contributed by atoms with Crippen molar-refractivity contribution in [3.63, 3.8) is 0 Å². The number of nitrogens with zero attached hydrogens (tertiary/aromatic N) is 4. The van der Waals surface area contributed by atoms with Crippen molar-refractivity contribution in [3.8, 4) is 0 Å². The van der Waals surface area contributed by atoms with Crippen molar-refractivity contribution in [1.82, 2.24) is 24.3 Å². The molecule has 1 aliphatic heterocycles. The Labute approximate surface area is 205 Å². The molecule has 2 fully saturated rings. The number of nitrogens with one attached hydrogen (secondary N) is 1. The number of carbonyl (C=O) groups is 2. The second-order valence-corrected chi connectivity index (χ2v) is 10.5. The molecule has 9 heteroatoms. The second kappa shape index (κ2) is 10.3. The van der Waals surface area contributed by atoms with Crippen molar-refractivity contribution < 1.29 is 9.59 Å². The number of pyridine rings is 1. The third-order valence-electron chi connectivity index (χ3n) is 7.10. The summed E-state index contributed by atoms with van der Waals surface area (Å²) >= 11 is 0. The van der Waals surface area contributed by atoms with Crippen LogP contribution in [0.4, 0.5) is 0 Å². The number of H-pyrrole nitrogens is 1. The Hall–Kier alpha value is -2.97. The van der Waals surface area contributed by atoms with Crippen molar-refractivity contribution >= 4 is 22.8 Å². The lowest BCUT2D eigenvalue weighted by molar-refractivity contribution is -0.135. The first kappa shape index (κ1) is 25.1. The van der Waals surface area contributed by atoms with Crippen LogP contribution in [0.15, 0.2) is 15.7 Å². The average molecular weight is 484 g/mol. The lowest BCUT2D eigenvalue weighted by Gasteiger charge is -2.33. The summed E-state index contributed by atoms with van der Waals surface area (Å²) in [5, 5.41) is 0.178. The molecule has 3 heterocycles. The van der Waals surface area contributed by atoms with Crippen LogP contribution in [0.1, 0.15) is 81.3 Å². The number of carbonyl (C=O) groups excluding carboxylic acids is 2. The van der Waals surface area contributed by atoms with Gasteiger partial charge >= 0.3 is 5.69 Å². The van der Waals surface area contributed by atoms with Crippen LogP contribution in [0.2, 0.25) is 0 Å². The van der Waals surface area contributed by atoms with Gasteiger partial charge in [-0.1, -0.05) is 27.2 Å². The highest BCUT2D eigenvalue weighted by Gasteiger charge is 2.33. The number of aromatic nitrogens is 3. The zero-order chi connectivity index (χ0) is 25.3. The molecule has 2 aromatic heterocycles. The molecule has 35 heavy (non-hydrogen) atoms. The van der Waals surface area contributed by atoms with Crippen LogP contribution >= 0.6 is 0 Å². The maximum atomic E-state index is 13.7. The molecule has 190 valence electrons. The van der Waals surface area contributed by atoms with Crippen molar-refractivity contribution in [1.29, 1.82) is 0 Å². The number of hydrogen-bond donors (Lipinski definition) is 1. The third kappa shape index (κ3) is 5.33. The van der Waals surface area contributed by atoms with E-state index in [4.69, 9.17) is 4.98 Å².